The van der Waals surface area contributed by atoms with Crippen molar-refractivity contribution in [2.75, 3.05) is 11.9 Å². The first-order chi connectivity index (χ1) is 11.8. The van der Waals surface area contributed by atoms with Crippen LogP contribution in [0.1, 0.15) is 57.4 Å². The lowest BCUT2D eigenvalue weighted by Gasteiger charge is -2.09. The highest BCUT2D eigenvalue weighted by atomic mass is 19.4. The summed E-state index contributed by atoms with van der Waals surface area (Å²) < 4.78 is 37.3. The Kier molecular flexibility index (Phi) is 9.02. The molecule has 0 aromatic heterocycles. The van der Waals surface area contributed by atoms with Crippen LogP contribution in [0, 0.1) is 0 Å². The summed E-state index contributed by atoms with van der Waals surface area (Å²) in [5, 5.41) is 4.95. The van der Waals surface area contributed by atoms with Gasteiger partial charge in [0.25, 0.3) is 0 Å². The van der Waals surface area contributed by atoms with E-state index in [0.29, 0.717) is 6.42 Å². The number of benzene rings is 1. The summed E-state index contributed by atoms with van der Waals surface area (Å²) in [7, 11) is 0. The molecule has 0 fully saturated rings. The van der Waals surface area contributed by atoms with Gasteiger partial charge in [0.1, 0.15) is 0 Å². The predicted molar refractivity (Wildman–Crippen MR) is 91.1 cm³/mol. The molecule has 0 aliphatic carbocycles. The third kappa shape index (κ3) is 9.12. The van der Waals surface area contributed by atoms with Crippen LogP contribution in [0.25, 0.3) is 0 Å². The van der Waals surface area contributed by atoms with Gasteiger partial charge in [-0.05, 0) is 30.7 Å². The Balaban J connectivity index is 2.22. The first kappa shape index (κ1) is 21.0. The summed E-state index contributed by atoms with van der Waals surface area (Å²) >= 11 is 0. The molecule has 2 amide bonds. The van der Waals surface area contributed by atoms with Gasteiger partial charge in [-0.2, -0.15) is 13.2 Å². The number of carbonyl (C=O) groups excluding carboxylic acids is 2. The number of carbonyl (C=O) groups is 2. The van der Waals surface area contributed by atoms with Crippen LogP contribution in [-0.4, -0.2) is 18.4 Å². The maximum atomic E-state index is 12.4. The summed E-state index contributed by atoms with van der Waals surface area (Å²) in [6, 6.07) is 4.15. The van der Waals surface area contributed by atoms with E-state index in [4.69, 9.17) is 0 Å². The molecule has 0 spiro atoms. The lowest BCUT2D eigenvalue weighted by molar-refractivity contribution is -0.137. The molecule has 0 saturated heterocycles. The molecular formula is C18H25F3N2O2. The van der Waals surface area contributed by atoms with Crippen LogP contribution >= 0.6 is 0 Å². The Bertz CT molecular complexity index is 542. The van der Waals surface area contributed by atoms with E-state index in [1.165, 1.54) is 31.4 Å². The van der Waals surface area contributed by atoms with Gasteiger partial charge in [0.05, 0.1) is 12.1 Å². The van der Waals surface area contributed by atoms with E-state index in [1.807, 2.05) is 0 Å². The zero-order valence-electron chi connectivity index (χ0n) is 14.4. The third-order valence-electron chi connectivity index (χ3n) is 3.70. The topological polar surface area (TPSA) is 58.2 Å². The highest BCUT2D eigenvalue weighted by molar-refractivity contribution is 5.94. The Morgan fingerprint density at radius 1 is 0.920 bits per heavy atom. The smallest absolute Gasteiger partial charge is 0.347 e. The van der Waals surface area contributed by atoms with Crippen molar-refractivity contribution in [1.82, 2.24) is 5.32 Å². The second-order valence-corrected chi connectivity index (χ2v) is 5.92. The number of unbranched alkanes of at least 4 members (excludes halogenated alkanes) is 5. The highest BCUT2D eigenvalue weighted by Gasteiger charge is 2.29. The van der Waals surface area contributed by atoms with Crippen molar-refractivity contribution >= 4 is 17.5 Å². The van der Waals surface area contributed by atoms with Gasteiger partial charge in [-0.25, -0.2) is 0 Å². The quantitative estimate of drug-likeness (QED) is 0.605. The molecule has 0 aliphatic rings. The van der Waals surface area contributed by atoms with Gasteiger partial charge >= 0.3 is 6.18 Å². The van der Waals surface area contributed by atoms with Gasteiger partial charge in [-0.1, -0.05) is 39.0 Å². The third-order valence-corrected chi connectivity index (χ3v) is 3.70. The van der Waals surface area contributed by atoms with Crippen molar-refractivity contribution in [3.63, 3.8) is 0 Å². The monoisotopic (exact) mass is 358 g/mol. The molecule has 4 nitrogen and oxygen atoms in total. The first-order valence-electron chi connectivity index (χ1n) is 8.56. The number of amides is 2. The zero-order chi connectivity index (χ0) is 18.7. The van der Waals surface area contributed by atoms with Crippen molar-refractivity contribution < 1.29 is 22.8 Å². The van der Waals surface area contributed by atoms with E-state index >= 15 is 0 Å². The number of alkyl halides is 3. The SMILES string of the molecule is CCCCCCCCC(=O)NCC(=O)Nc1ccc(C(F)(F)F)cc1. The van der Waals surface area contributed by atoms with Crippen molar-refractivity contribution in [2.24, 2.45) is 0 Å². The predicted octanol–water partition coefficient (Wildman–Crippen LogP) is 4.51. The van der Waals surface area contributed by atoms with Gasteiger partial charge in [0, 0.05) is 12.1 Å². The molecule has 25 heavy (non-hydrogen) atoms. The average Bonchev–Trinajstić information content (AvgIpc) is 2.56. The van der Waals surface area contributed by atoms with Gasteiger partial charge in [0.2, 0.25) is 11.8 Å². The zero-order valence-corrected chi connectivity index (χ0v) is 14.4. The van der Waals surface area contributed by atoms with E-state index in [1.54, 1.807) is 0 Å². The average molecular weight is 358 g/mol. The Hall–Kier alpha value is -2.05. The van der Waals surface area contributed by atoms with Gasteiger partial charge < -0.3 is 10.6 Å². The minimum Gasteiger partial charge on any atom is -0.347 e. The number of hydrogen-bond donors (Lipinski definition) is 2. The molecule has 1 aromatic carbocycles. The van der Waals surface area contributed by atoms with Gasteiger partial charge in [0.15, 0.2) is 0 Å². The van der Waals surface area contributed by atoms with Crippen LogP contribution < -0.4 is 10.6 Å². The summed E-state index contributed by atoms with van der Waals surface area (Å²) in [6.45, 7) is 1.94. The minimum atomic E-state index is -4.41. The van der Waals surface area contributed by atoms with E-state index in [0.717, 1.165) is 31.4 Å². The van der Waals surface area contributed by atoms with Gasteiger partial charge in [-0.3, -0.25) is 9.59 Å². The molecule has 2 N–H and O–H groups in total. The standard InChI is InChI=1S/C18H25F3N2O2/c1-2-3-4-5-6-7-8-16(24)22-13-17(25)23-15-11-9-14(10-12-15)18(19,20)21/h9-12H,2-8,13H2,1H3,(H,22,24)(H,23,25). The number of anilines is 1. The summed E-state index contributed by atoms with van der Waals surface area (Å²) in [6.07, 6.45) is 2.40. The normalized spacial score (nSPS) is 11.2. The molecular weight excluding hydrogens is 333 g/mol. The lowest BCUT2D eigenvalue weighted by atomic mass is 10.1. The van der Waals surface area contributed by atoms with E-state index in [2.05, 4.69) is 17.6 Å². The molecule has 0 radical (unpaired) electrons. The number of halogens is 3. The fraction of sp³-hybridized carbons (Fsp3) is 0.556. The van der Waals surface area contributed by atoms with Gasteiger partial charge in [-0.15, -0.1) is 0 Å². The lowest BCUT2D eigenvalue weighted by Crippen LogP contribution is -2.32. The van der Waals surface area contributed by atoms with Crippen molar-refractivity contribution in [3.8, 4) is 0 Å². The van der Waals surface area contributed by atoms with Crippen LogP contribution in [0.3, 0.4) is 0 Å². The summed E-state index contributed by atoms with van der Waals surface area (Å²) in [5.74, 6) is -0.672. The molecule has 0 heterocycles. The second-order valence-electron chi connectivity index (χ2n) is 5.92. The molecule has 0 saturated carbocycles. The Morgan fingerprint density at radius 3 is 2.12 bits per heavy atom. The maximum absolute atomic E-state index is 12.4. The Labute approximate surface area is 146 Å². The summed E-state index contributed by atoms with van der Waals surface area (Å²) in [4.78, 5) is 23.3. The van der Waals surface area contributed by atoms with E-state index in [-0.39, 0.29) is 18.1 Å². The summed E-state index contributed by atoms with van der Waals surface area (Å²) in [5.41, 5.74) is -0.527. The Morgan fingerprint density at radius 2 is 1.52 bits per heavy atom. The first-order valence-corrected chi connectivity index (χ1v) is 8.56. The number of hydrogen-bond acceptors (Lipinski definition) is 2. The second kappa shape index (κ2) is 10.7. The van der Waals surface area contributed by atoms with Crippen LogP contribution in [0.15, 0.2) is 24.3 Å². The number of nitrogens with one attached hydrogen (secondary N) is 2. The maximum Gasteiger partial charge on any atom is 0.416 e. The molecule has 1 rings (SSSR count). The van der Waals surface area contributed by atoms with E-state index < -0.39 is 17.6 Å². The molecule has 140 valence electrons. The molecule has 1 aromatic rings. The fourth-order valence-electron chi connectivity index (χ4n) is 2.28. The molecule has 0 aliphatic heterocycles. The van der Waals surface area contributed by atoms with Crippen molar-refractivity contribution in [1.29, 1.82) is 0 Å². The van der Waals surface area contributed by atoms with Crippen LogP contribution in [0.5, 0.6) is 0 Å². The highest BCUT2D eigenvalue weighted by Crippen LogP contribution is 2.29. The van der Waals surface area contributed by atoms with E-state index in [9.17, 15) is 22.8 Å². The molecule has 0 unspecified atom stereocenters. The number of rotatable bonds is 10. The van der Waals surface area contributed by atoms with Crippen LogP contribution in [0.4, 0.5) is 18.9 Å². The fourth-order valence-corrected chi connectivity index (χ4v) is 2.28. The largest absolute Gasteiger partial charge is 0.416 e. The molecule has 7 heteroatoms. The molecule has 0 atom stereocenters. The van der Waals surface area contributed by atoms with Crippen LogP contribution in [-0.2, 0) is 15.8 Å². The van der Waals surface area contributed by atoms with Crippen molar-refractivity contribution in [2.45, 2.75) is 58.0 Å². The molecule has 0 bridgehead atoms. The minimum absolute atomic E-state index is 0.196. The van der Waals surface area contributed by atoms with Crippen molar-refractivity contribution in [3.05, 3.63) is 29.8 Å². The van der Waals surface area contributed by atoms with Crippen LogP contribution in [0.2, 0.25) is 0 Å².